The van der Waals surface area contributed by atoms with Crippen LogP contribution in [0.15, 0.2) is 57.7 Å². The number of rotatable bonds is 4. The van der Waals surface area contributed by atoms with Crippen LogP contribution in [0.4, 0.5) is 0 Å². The number of carbonyl (C=O) groups is 1. The number of hydrogen-bond acceptors (Lipinski definition) is 4. The highest BCUT2D eigenvalue weighted by molar-refractivity contribution is 5.82. The van der Waals surface area contributed by atoms with E-state index in [0.717, 1.165) is 30.2 Å². The molecule has 0 saturated heterocycles. The van der Waals surface area contributed by atoms with Crippen LogP contribution in [0.3, 0.4) is 0 Å². The second-order valence-electron chi connectivity index (χ2n) is 6.91. The van der Waals surface area contributed by atoms with E-state index in [2.05, 4.69) is 17.4 Å². The molecule has 1 amide bonds. The fourth-order valence-electron chi connectivity index (χ4n) is 3.68. The minimum Gasteiger partial charge on any atom is -0.484 e. The molecule has 27 heavy (non-hydrogen) atoms. The molecule has 0 radical (unpaired) electrons. The summed E-state index contributed by atoms with van der Waals surface area (Å²) in [7, 11) is 0. The summed E-state index contributed by atoms with van der Waals surface area (Å²) in [6.45, 7) is 1.77. The van der Waals surface area contributed by atoms with Crippen molar-refractivity contribution in [3.05, 3.63) is 75.6 Å². The fourth-order valence-corrected chi connectivity index (χ4v) is 3.68. The largest absolute Gasteiger partial charge is 0.484 e. The topological polar surface area (TPSA) is 68.5 Å². The SMILES string of the molecule is Cc1cc(=O)oc2cc(OCC(=O)N[C@H]3CCCc4ccccc43)ccc12. The first kappa shape index (κ1) is 17.3. The minimum absolute atomic E-state index is 0.0309. The third kappa shape index (κ3) is 3.72. The summed E-state index contributed by atoms with van der Waals surface area (Å²) in [5.41, 5.74) is 3.40. The molecule has 0 unspecified atom stereocenters. The molecule has 1 heterocycles. The molecule has 2 aromatic carbocycles. The first-order chi connectivity index (χ1) is 13.1. The van der Waals surface area contributed by atoms with Crippen LogP contribution in [0.5, 0.6) is 5.75 Å². The summed E-state index contributed by atoms with van der Waals surface area (Å²) in [5.74, 6) is 0.331. The molecule has 5 heteroatoms. The Morgan fingerprint density at radius 2 is 2.07 bits per heavy atom. The molecule has 1 atom stereocenters. The number of carbonyl (C=O) groups excluding carboxylic acids is 1. The molecule has 3 aromatic rings. The van der Waals surface area contributed by atoms with Gasteiger partial charge in [0.1, 0.15) is 11.3 Å². The maximum atomic E-state index is 12.4. The van der Waals surface area contributed by atoms with Crippen molar-refractivity contribution in [1.29, 1.82) is 0 Å². The number of benzene rings is 2. The van der Waals surface area contributed by atoms with Gasteiger partial charge in [-0.1, -0.05) is 24.3 Å². The highest BCUT2D eigenvalue weighted by atomic mass is 16.5. The van der Waals surface area contributed by atoms with Crippen molar-refractivity contribution in [2.45, 2.75) is 32.2 Å². The summed E-state index contributed by atoms with van der Waals surface area (Å²) in [6, 6.07) is 15.0. The molecule has 0 spiro atoms. The van der Waals surface area contributed by atoms with Crippen LogP contribution in [0.2, 0.25) is 0 Å². The normalized spacial score (nSPS) is 16.0. The molecule has 5 nitrogen and oxygen atoms in total. The van der Waals surface area contributed by atoms with E-state index in [1.54, 1.807) is 12.1 Å². The van der Waals surface area contributed by atoms with Gasteiger partial charge in [0.15, 0.2) is 6.61 Å². The van der Waals surface area contributed by atoms with Crippen LogP contribution in [-0.4, -0.2) is 12.5 Å². The zero-order valence-electron chi connectivity index (χ0n) is 15.2. The van der Waals surface area contributed by atoms with Crippen LogP contribution in [0, 0.1) is 6.92 Å². The second-order valence-corrected chi connectivity index (χ2v) is 6.91. The lowest BCUT2D eigenvalue weighted by atomic mass is 9.88. The Balaban J connectivity index is 1.43. The van der Waals surface area contributed by atoms with Gasteiger partial charge in [-0.2, -0.15) is 0 Å². The molecule has 1 aliphatic rings. The van der Waals surface area contributed by atoms with E-state index < -0.39 is 5.63 Å². The summed E-state index contributed by atoms with van der Waals surface area (Å²) in [4.78, 5) is 23.9. The molecule has 0 saturated carbocycles. The summed E-state index contributed by atoms with van der Waals surface area (Å²) >= 11 is 0. The lowest BCUT2D eigenvalue weighted by Gasteiger charge is -2.26. The predicted molar refractivity (Wildman–Crippen MR) is 103 cm³/mol. The standard InChI is InChI=1S/C22H21NO4/c1-14-11-22(25)27-20-12-16(9-10-17(14)20)26-13-21(24)23-19-8-4-6-15-5-2-3-7-18(15)19/h2-3,5,7,9-12,19H,4,6,8,13H2,1H3,(H,23,24)/t19-/m0/s1. The monoisotopic (exact) mass is 363 g/mol. The number of ether oxygens (including phenoxy) is 1. The second kappa shape index (κ2) is 7.27. The van der Waals surface area contributed by atoms with E-state index >= 15 is 0 Å². The number of aryl methyl sites for hydroxylation is 2. The van der Waals surface area contributed by atoms with Crippen molar-refractivity contribution in [3.63, 3.8) is 0 Å². The number of amides is 1. The molecule has 1 aromatic heterocycles. The van der Waals surface area contributed by atoms with E-state index in [1.165, 1.54) is 17.2 Å². The average Bonchev–Trinajstić information content (AvgIpc) is 2.66. The molecule has 0 bridgehead atoms. The molecule has 1 aliphatic carbocycles. The molecule has 1 N–H and O–H groups in total. The van der Waals surface area contributed by atoms with E-state index in [1.807, 2.05) is 25.1 Å². The maximum Gasteiger partial charge on any atom is 0.336 e. The predicted octanol–water partition coefficient (Wildman–Crippen LogP) is 3.67. The minimum atomic E-state index is -0.397. The Hall–Kier alpha value is -3.08. The van der Waals surface area contributed by atoms with Crippen molar-refractivity contribution < 1.29 is 13.9 Å². The van der Waals surface area contributed by atoms with E-state index in [9.17, 15) is 9.59 Å². The number of fused-ring (bicyclic) bond motifs is 2. The van der Waals surface area contributed by atoms with Gasteiger partial charge in [-0.25, -0.2) is 4.79 Å². The Morgan fingerprint density at radius 1 is 1.22 bits per heavy atom. The van der Waals surface area contributed by atoms with Gasteiger partial charge >= 0.3 is 5.63 Å². The maximum absolute atomic E-state index is 12.4. The quantitative estimate of drug-likeness (QED) is 0.718. The first-order valence-corrected chi connectivity index (χ1v) is 9.14. The van der Waals surface area contributed by atoms with E-state index in [4.69, 9.17) is 9.15 Å². The lowest BCUT2D eigenvalue weighted by molar-refractivity contribution is -0.123. The molecule has 0 fully saturated rings. The number of nitrogens with one attached hydrogen (secondary N) is 1. The van der Waals surface area contributed by atoms with E-state index in [0.29, 0.717) is 11.3 Å². The van der Waals surface area contributed by atoms with Gasteiger partial charge in [-0.3, -0.25) is 4.79 Å². The molecule has 0 aliphatic heterocycles. The molecular formula is C22H21NO4. The summed E-state index contributed by atoms with van der Waals surface area (Å²) in [6.07, 6.45) is 3.05. The Morgan fingerprint density at radius 3 is 2.96 bits per heavy atom. The van der Waals surface area contributed by atoms with Gasteiger partial charge in [-0.05, 0) is 55.0 Å². The van der Waals surface area contributed by atoms with Crippen molar-refractivity contribution in [3.8, 4) is 5.75 Å². The van der Waals surface area contributed by atoms with Crippen molar-refractivity contribution >= 4 is 16.9 Å². The molecular weight excluding hydrogens is 342 g/mol. The molecule has 4 rings (SSSR count). The van der Waals surface area contributed by atoms with Gasteiger partial charge in [-0.15, -0.1) is 0 Å². The van der Waals surface area contributed by atoms with Crippen molar-refractivity contribution in [2.75, 3.05) is 6.61 Å². The van der Waals surface area contributed by atoms with Gasteiger partial charge in [0, 0.05) is 17.5 Å². The third-order valence-electron chi connectivity index (χ3n) is 5.00. The zero-order chi connectivity index (χ0) is 18.8. The Kier molecular flexibility index (Phi) is 4.67. The van der Waals surface area contributed by atoms with Crippen LogP contribution in [0.25, 0.3) is 11.0 Å². The van der Waals surface area contributed by atoms with Gasteiger partial charge in [0.2, 0.25) is 0 Å². The summed E-state index contributed by atoms with van der Waals surface area (Å²) in [5, 5.41) is 3.92. The average molecular weight is 363 g/mol. The van der Waals surface area contributed by atoms with Crippen LogP contribution in [0.1, 0.15) is 35.6 Å². The van der Waals surface area contributed by atoms with Gasteiger partial charge in [0.25, 0.3) is 5.91 Å². The highest BCUT2D eigenvalue weighted by Gasteiger charge is 2.21. The third-order valence-corrected chi connectivity index (χ3v) is 5.00. The number of hydrogen-bond donors (Lipinski definition) is 1. The van der Waals surface area contributed by atoms with E-state index in [-0.39, 0.29) is 18.6 Å². The van der Waals surface area contributed by atoms with Crippen LogP contribution >= 0.6 is 0 Å². The van der Waals surface area contributed by atoms with Crippen molar-refractivity contribution in [1.82, 2.24) is 5.32 Å². The zero-order valence-corrected chi connectivity index (χ0v) is 15.2. The fraction of sp³-hybridized carbons (Fsp3) is 0.273. The Bertz CT molecular complexity index is 1050. The van der Waals surface area contributed by atoms with Crippen LogP contribution < -0.4 is 15.7 Å². The van der Waals surface area contributed by atoms with Crippen molar-refractivity contribution in [2.24, 2.45) is 0 Å². The van der Waals surface area contributed by atoms with Gasteiger partial charge in [0.05, 0.1) is 6.04 Å². The van der Waals surface area contributed by atoms with Gasteiger partial charge < -0.3 is 14.5 Å². The first-order valence-electron chi connectivity index (χ1n) is 9.14. The smallest absolute Gasteiger partial charge is 0.336 e. The highest BCUT2D eigenvalue weighted by Crippen LogP contribution is 2.29. The van der Waals surface area contributed by atoms with Crippen LogP contribution in [-0.2, 0) is 11.2 Å². The Labute approximate surface area is 157 Å². The lowest BCUT2D eigenvalue weighted by Crippen LogP contribution is -2.34. The summed E-state index contributed by atoms with van der Waals surface area (Å²) < 4.78 is 10.8. The molecule has 138 valence electrons.